The van der Waals surface area contributed by atoms with Gasteiger partial charge in [-0.3, -0.25) is 4.79 Å². The third-order valence-electron chi connectivity index (χ3n) is 1.69. The van der Waals surface area contributed by atoms with E-state index < -0.39 is 11.2 Å². The summed E-state index contributed by atoms with van der Waals surface area (Å²) in [6.45, 7) is 1.62. The van der Waals surface area contributed by atoms with Crippen molar-refractivity contribution in [3.63, 3.8) is 0 Å². The standard InChI is InChI=1S/C9H6Cl2F2O/c1-5-3-2-4-6(7(5)10)8(14)9(11,12)13/h2-4H,1H3. The Morgan fingerprint density at radius 3 is 2.50 bits per heavy atom. The molecule has 5 heteroatoms. The highest BCUT2D eigenvalue weighted by Gasteiger charge is 2.37. The molecule has 0 aliphatic carbocycles. The predicted molar refractivity (Wildman–Crippen MR) is 51.3 cm³/mol. The molecule has 0 atom stereocenters. The zero-order chi connectivity index (χ0) is 10.9. The molecule has 0 N–H and O–H groups in total. The molecule has 0 unspecified atom stereocenters. The fourth-order valence-electron chi connectivity index (χ4n) is 0.975. The van der Waals surface area contributed by atoms with Crippen LogP contribution in [0.4, 0.5) is 8.78 Å². The Morgan fingerprint density at radius 1 is 1.43 bits per heavy atom. The monoisotopic (exact) mass is 238 g/mol. The Balaban J connectivity index is 3.21. The number of Topliss-reactive ketones (excluding diaryl/α,β-unsaturated/α-hetero) is 1. The highest BCUT2D eigenvalue weighted by molar-refractivity contribution is 6.40. The number of ketones is 1. The van der Waals surface area contributed by atoms with E-state index in [1.807, 2.05) is 0 Å². The lowest BCUT2D eigenvalue weighted by molar-refractivity contribution is 0.0536. The molecule has 14 heavy (non-hydrogen) atoms. The minimum Gasteiger partial charge on any atom is -0.286 e. The molecule has 0 saturated carbocycles. The van der Waals surface area contributed by atoms with Gasteiger partial charge in [0.25, 0.3) is 0 Å². The molecule has 0 fully saturated rings. The molecule has 0 aliphatic heterocycles. The highest BCUT2D eigenvalue weighted by atomic mass is 35.5. The van der Waals surface area contributed by atoms with E-state index in [0.29, 0.717) is 5.56 Å². The summed E-state index contributed by atoms with van der Waals surface area (Å²) in [5, 5.41) is -3.89. The topological polar surface area (TPSA) is 17.1 Å². The van der Waals surface area contributed by atoms with E-state index in [1.54, 1.807) is 13.0 Å². The maximum Gasteiger partial charge on any atom is 0.384 e. The summed E-state index contributed by atoms with van der Waals surface area (Å²) in [5.74, 6) is -1.48. The smallest absolute Gasteiger partial charge is 0.286 e. The summed E-state index contributed by atoms with van der Waals surface area (Å²) >= 11 is 10.3. The Bertz CT molecular complexity index is 372. The van der Waals surface area contributed by atoms with Crippen LogP contribution in [0, 0.1) is 6.92 Å². The van der Waals surface area contributed by atoms with E-state index in [9.17, 15) is 13.6 Å². The third kappa shape index (κ3) is 2.22. The largest absolute Gasteiger partial charge is 0.384 e. The van der Waals surface area contributed by atoms with Gasteiger partial charge in [0.15, 0.2) is 0 Å². The number of rotatable bonds is 2. The molecule has 0 aromatic heterocycles. The molecule has 0 heterocycles. The quantitative estimate of drug-likeness (QED) is 0.568. The molecule has 1 rings (SSSR count). The van der Waals surface area contributed by atoms with Gasteiger partial charge >= 0.3 is 5.38 Å². The number of hydrogen-bond acceptors (Lipinski definition) is 1. The number of hydrogen-bond donors (Lipinski definition) is 0. The number of carbonyl (C=O) groups is 1. The molecular formula is C9H6Cl2F2O. The number of aryl methyl sites for hydroxylation is 1. The van der Waals surface area contributed by atoms with Crippen LogP contribution in [-0.4, -0.2) is 11.2 Å². The normalized spacial score (nSPS) is 11.5. The fraction of sp³-hybridized carbons (Fsp3) is 0.222. The van der Waals surface area contributed by atoms with Crippen LogP contribution < -0.4 is 0 Å². The molecule has 0 saturated heterocycles. The molecule has 0 bridgehead atoms. The molecule has 0 radical (unpaired) electrons. The summed E-state index contributed by atoms with van der Waals surface area (Å²) in [6, 6.07) is 4.30. The van der Waals surface area contributed by atoms with Crippen LogP contribution in [0.1, 0.15) is 15.9 Å². The second-order valence-corrected chi connectivity index (χ2v) is 3.62. The van der Waals surface area contributed by atoms with Crippen LogP contribution in [0.25, 0.3) is 0 Å². The second-order valence-electron chi connectivity index (χ2n) is 2.76. The van der Waals surface area contributed by atoms with Gasteiger partial charge in [-0.05, 0) is 30.2 Å². The van der Waals surface area contributed by atoms with E-state index in [4.69, 9.17) is 11.6 Å². The van der Waals surface area contributed by atoms with E-state index in [2.05, 4.69) is 11.6 Å². The van der Waals surface area contributed by atoms with Gasteiger partial charge in [-0.2, -0.15) is 8.78 Å². The second kappa shape index (κ2) is 3.83. The third-order valence-corrected chi connectivity index (χ3v) is 2.37. The number of halogens is 4. The SMILES string of the molecule is Cc1cccc(C(=O)C(F)(F)Cl)c1Cl. The average Bonchev–Trinajstić information content (AvgIpc) is 2.07. The van der Waals surface area contributed by atoms with Gasteiger partial charge < -0.3 is 0 Å². The fourth-order valence-corrected chi connectivity index (χ4v) is 1.29. The van der Waals surface area contributed by atoms with Gasteiger partial charge in [-0.25, -0.2) is 0 Å². The van der Waals surface area contributed by atoms with Crippen LogP contribution in [0.3, 0.4) is 0 Å². The predicted octanol–water partition coefficient (Wildman–Crippen LogP) is 3.66. The number of alkyl halides is 3. The summed E-state index contributed by atoms with van der Waals surface area (Å²) in [5.41, 5.74) is 0.296. The molecule has 1 nitrogen and oxygen atoms in total. The molecule has 0 spiro atoms. The first-order chi connectivity index (χ1) is 6.34. The van der Waals surface area contributed by atoms with Gasteiger partial charge in [-0.15, -0.1) is 0 Å². The summed E-state index contributed by atoms with van der Waals surface area (Å²) in [7, 11) is 0. The number of carbonyl (C=O) groups excluding carboxylic acids is 1. The van der Waals surface area contributed by atoms with Crippen molar-refractivity contribution in [2.45, 2.75) is 12.3 Å². The van der Waals surface area contributed by atoms with Crippen molar-refractivity contribution in [2.24, 2.45) is 0 Å². The van der Waals surface area contributed by atoms with Crippen molar-refractivity contribution in [3.05, 3.63) is 34.3 Å². The minimum atomic E-state index is -3.91. The molecular weight excluding hydrogens is 233 g/mol. The lowest BCUT2D eigenvalue weighted by Gasteiger charge is -2.09. The lowest BCUT2D eigenvalue weighted by Crippen LogP contribution is -2.21. The van der Waals surface area contributed by atoms with Gasteiger partial charge in [0.2, 0.25) is 5.78 Å². The van der Waals surface area contributed by atoms with Crippen molar-refractivity contribution >= 4 is 29.0 Å². The van der Waals surface area contributed by atoms with Crippen molar-refractivity contribution in [1.29, 1.82) is 0 Å². The van der Waals surface area contributed by atoms with Crippen LogP contribution in [-0.2, 0) is 0 Å². The summed E-state index contributed by atoms with van der Waals surface area (Å²) in [6.07, 6.45) is 0. The molecule has 0 aliphatic rings. The first-order valence-corrected chi connectivity index (χ1v) is 4.46. The van der Waals surface area contributed by atoms with Crippen LogP contribution in [0.2, 0.25) is 5.02 Å². The van der Waals surface area contributed by atoms with Crippen molar-refractivity contribution in [3.8, 4) is 0 Å². The van der Waals surface area contributed by atoms with Crippen LogP contribution >= 0.6 is 23.2 Å². The molecule has 76 valence electrons. The number of benzene rings is 1. The molecule has 1 aromatic carbocycles. The minimum absolute atomic E-state index is 0.0119. The Hall–Kier alpha value is -0.670. The zero-order valence-corrected chi connectivity index (χ0v) is 8.66. The van der Waals surface area contributed by atoms with Crippen LogP contribution in [0.5, 0.6) is 0 Å². The van der Waals surface area contributed by atoms with E-state index in [-0.39, 0.29) is 10.6 Å². The van der Waals surface area contributed by atoms with E-state index in [1.165, 1.54) is 12.1 Å². The summed E-state index contributed by atoms with van der Waals surface area (Å²) in [4.78, 5) is 11.1. The maximum atomic E-state index is 12.5. The highest BCUT2D eigenvalue weighted by Crippen LogP contribution is 2.29. The van der Waals surface area contributed by atoms with Gasteiger partial charge in [0.05, 0.1) is 5.02 Å². The van der Waals surface area contributed by atoms with Crippen molar-refractivity contribution < 1.29 is 13.6 Å². The van der Waals surface area contributed by atoms with Gasteiger partial charge in [0.1, 0.15) is 0 Å². The zero-order valence-electron chi connectivity index (χ0n) is 7.15. The Kier molecular flexibility index (Phi) is 3.12. The van der Waals surface area contributed by atoms with Crippen LogP contribution in [0.15, 0.2) is 18.2 Å². The van der Waals surface area contributed by atoms with E-state index >= 15 is 0 Å². The summed E-state index contributed by atoms with van der Waals surface area (Å²) < 4.78 is 24.9. The van der Waals surface area contributed by atoms with Crippen molar-refractivity contribution in [1.82, 2.24) is 0 Å². The lowest BCUT2D eigenvalue weighted by atomic mass is 10.1. The maximum absolute atomic E-state index is 12.5. The van der Waals surface area contributed by atoms with Gasteiger partial charge in [0, 0.05) is 5.56 Å². The van der Waals surface area contributed by atoms with Crippen molar-refractivity contribution in [2.75, 3.05) is 0 Å². The van der Waals surface area contributed by atoms with E-state index in [0.717, 1.165) is 0 Å². The van der Waals surface area contributed by atoms with Gasteiger partial charge in [-0.1, -0.05) is 23.7 Å². The first kappa shape index (κ1) is 11.4. The molecule has 0 amide bonds. The Labute approximate surface area is 89.6 Å². The average molecular weight is 239 g/mol. The first-order valence-electron chi connectivity index (χ1n) is 3.70. The Morgan fingerprint density at radius 2 is 2.00 bits per heavy atom. The molecule has 1 aromatic rings.